The molecule has 11 nitrogen and oxygen atoms in total. The predicted octanol–water partition coefficient (Wildman–Crippen LogP) is 10.3. The van der Waals surface area contributed by atoms with Crippen molar-refractivity contribution < 1.29 is 47.5 Å². The standard InChI is InChI=1S/C40H74NO10P/c1-3-5-7-9-11-13-15-17-18-20-21-23-25-27-29-31-38(42)48-33-36(34-49-52(46,47)50-35-37(41)40(44)45)51-39(43)32-30-28-26-24-22-19-16-14-12-10-8-6-4-2/h14,16,21,23,36-37H,3-13,15,17-20,22,24-35,41H2,1-2H3,(H,44,45)(H,46,47)/b16-14+,23-21+/t36-,37+/m1/s1. The van der Waals surface area contributed by atoms with Gasteiger partial charge in [-0.1, -0.05) is 128 Å². The number of aliphatic carboxylic acids is 1. The lowest BCUT2D eigenvalue weighted by Crippen LogP contribution is -2.34. The highest BCUT2D eigenvalue weighted by atomic mass is 31.2. The van der Waals surface area contributed by atoms with Gasteiger partial charge in [0.15, 0.2) is 6.10 Å². The zero-order chi connectivity index (χ0) is 38.5. The predicted molar refractivity (Wildman–Crippen MR) is 208 cm³/mol. The molecule has 3 atom stereocenters. The topological polar surface area (TPSA) is 172 Å². The van der Waals surface area contributed by atoms with Crippen molar-refractivity contribution >= 4 is 25.7 Å². The number of allylic oxidation sites excluding steroid dienone is 4. The summed E-state index contributed by atoms with van der Waals surface area (Å²) in [6, 6.07) is -1.52. The van der Waals surface area contributed by atoms with Crippen LogP contribution >= 0.6 is 7.82 Å². The fraction of sp³-hybridized carbons (Fsp3) is 0.825. The highest BCUT2D eigenvalue weighted by Crippen LogP contribution is 2.43. The van der Waals surface area contributed by atoms with Crippen LogP contribution in [0, 0.1) is 0 Å². The smallest absolute Gasteiger partial charge is 0.472 e. The molecule has 0 saturated heterocycles. The third-order valence-electron chi connectivity index (χ3n) is 8.67. The fourth-order valence-electron chi connectivity index (χ4n) is 5.41. The molecule has 0 radical (unpaired) electrons. The Labute approximate surface area is 315 Å². The maximum Gasteiger partial charge on any atom is 0.472 e. The molecule has 304 valence electrons. The third kappa shape index (κ3) is 35.0. The number of hydrogen-bond acceptors (Lipinski definition) is 9. The first-order chi connectivity index (χ1) is 25.1. The quantitative estimate of drug-likeness (QED) is 0.0237. The Morgan fingerprint density at radius 3 is 1.46 bits per heavy atom. The molecule has 12 heteroatoms. The maximum absolute atomic E-state index is 12.6. The number of carbonyl (C=O) groups excluding carboxylic acids is 2. The summed E-state index contributed by atoms with van der Waals surface area (Å²) in [5.41, 5.74) is 5.32. The average Bonchev–Trinajstić information content (AvgIpc) is 3.12. The Morgan fingerprint density at radius 1 is 0.577 bits per heavy atom. The van der Waals surface area contributed by atoms with Gasteiger partial charge in [-0.25, -0.2) is 4.57 Å². The summed E-state index contributed by atoms with van der Waals surface area (Å²) in [6.07, 6.45) is 35.3. The molecule has 0 aliphatic rings. The van der Waals surface area contributed by atoms with Gasteiger partial charge in [0, 0.05) is 12.8 Å². The number of carbonyl (C=O) groups is 3. The van der Waals surface area contributed by atoms with Crippen LogP contribution < -0.4 is 5.73 Å². The van der Waals surface area contributed by atoms with E-state index in [1.807, 2.05) is 0 Å². The van der Waals surface area contributed by atoms with Crippen LogP contribution in [0.4, 0.5) is 0 Å². The first-order valence-electron chi connectivity index (χ1n) is 20.4. The van der Waals surface area contributed by atoms with Crippen molar-refractivity contribution in [2.75, 3.05) is 19.8 Å². The molecule has 0 heterocycles. The van der Waals surface area contributed by atoms with Crippen molar-refractivity contribution in [3.63, 3.8) is 0 Å². The Morgan fingerprint density at radius 2 is 0.962 bits per heavy atom. The van der Waals surface area contributed by atoms with Gasteiger partial charge in [-0.2, -0.15) is 0 Å². The second-order valence-corrected chi connectivity index (χ2v) is 15.2. The SMILES string of the molecule is CCCCCC/C=C/CCCCCCCC(=O)O[C@H](COC(=O)CCCC/C=C/CCCCCCCCCCC)COP(=O)(O)OC[C@H](N)C(=O)O. The number of carboxylic acid groups (broad SMARTS) is 1. The molecule has 0 fully saturated rings. The molecule has 0 aromatic heterocycles. The minimum atomic E-state index is -4.71. The van der Waals surface area contributed by atoms with E-state index in [1.54, 1.807) is 0 Å². The van der Waals surface area contributed by atoms with E-state index in [0.717, 1.165) is 57.8 Å². The van der Waals surface area contributed by atoms with E-state index >= 15 is 0 Å². The van der Waals surface area contributed by atoms with Crippen molar-refractivity contribution in [3.8, 4) is 0 Å². The van der Waals surface area contributed by atoms with Gasteiger partial charge in [-0.05, 0) is 64.2 Å². The monoisotopic (exact) mass is 760 g/mol. The summed E-state index contributed by atoms with van der Waals surface area (Å²) >= 11 is 0. The zero-order valence-corrected chi connectivity index (χ0v) is 33.5. The van der Waals surface area contributed by atoms with Crippen LogP contribution in [0.25, 0.3) is 0 Å². The second kappa shape index (κ2) is 36.0. The minimum absolute atomic E-state index is 0.148. The van der Waals surface area contributed by atoms with Gasteiger partial charge in [-0.15, -0.1) is 0 Å². The molecule has 0 amide bonds. The van der Waals surface area contributed by atoms with Crippen LogP contribution in [0.15, 0.2) is 24.3 Å². The van der Waals surface area contributed by atoms with Gasteiger partial charge < -0.3 is 25.2 Å². The van der Waals surface area contributed by atoms with Crippen molar-refractivity contribution in [1.82, 2.24) is 0 Å². The van der Waals surface area contributed by atoms with Crippen molar-refractivity contribution in [1.29, 1.82) is 0 Å². The van der Waals surface area contributed by atoms with E-state index in [-0.39, 0.29) is 19.4 Å². The summed E-state index contributed by atoms with van der Waals surface area (Å²) in [6.45, 7) is 2.75. The lowest BCUT2D eigenvalue weighted by Gasteiger charge is -2.20. The summed E-state index contributed by atoms with van der Waals surface area (Å²) in [5.74, 6) is -2.41. The van der Waals surface area contributed by atoms with Crippen LogP contribution in [0.1, 0.15) is 181 Å². The van der Waals surface area contributed by atoms with Crippen LogP contribution in [-0.2, 0) is 37.5 Å². The van der Waals surface area contributed by atoms with Crippen LogP contribution in [0.5, 0.6) is 0 Å². The van der Waals surface area contributed by atoms with E-state index in [0.29, 0.717) is 12.8 Å². The molecular weight excluding hydrogens is 685 g/mol. The molecule has 0 aliphatic heterocycles. The Bertz CT molecular complexity index is 989. The number of unbranched alkanes of at least 4 members (excludes halogenated alkanes) is 20. The van der Waals surface area contributed by atoms with Gasteiger partial charge >= 0.3 is 25.7 Å². The van der Waals surface area contributed by atoms with Gasteiger partial charge in [0.1, 0.15) is 12.6 Å². The molecule has 0 saturated carbocycles. The number of hydrogen-bond donors (Lipinski definition) is 3. The number of carboxylic acids is 1. The second-order valence-electron chi connectivity index (χ2n) is 13.8. The van der Waals surface area contributed by atoms with Crippen LogP contribution in [0.2, 0.25) is 0 Å². The van der Waals surface area contributed by atoms with Crippen molar-refractivity contribution in [2.24, 2.45) is 5.73 Å². The molecule has 4 N–H and O–H groups in total. The maximum atomic E-state index is 12.6. The normalized spacial score (nSPS) is 14.1. The van der Waals surface area contributed by atoms with Crippen molar-refractivity contribution in [2.45, 2.75) is 193 Å². The lowest BCUT2D eigenvalue weighted by molar-refractivity contribution is -0.161. The van der Waals surface area contributed by atoms with E-state index in [4.69, 9.17) is 24.8 Å². The average molecular weight is 760 g/mol. The summed E-state index contributed by atoms with van der Waals surface area (Å²) in [5, 5.41) is 8.86. The molecule has 52 heavy (non-hydrogen) atoms. The van der Waals surface area contributed by atoms with Gasteiger partial charge in [0.2, 0.25) is 0 Å². The van der Waals surface area contributed by atoms with E-state index < -0.39 is 51.1 Å². The van der Waals surface area contributed by atoms with E-state index in [1.165, 1.54) is 83.5 Å². The molecule has 0 spiro atoms. The van der Waals surface area contributed by atoms with E-state index in [9.17, 15) is 23.8 Å². The van der Waals surface area contributed by atoms with Gasteiger partial charge in [-0.3, -0.25) is 23.4 Å². The number of nitrogens with two attached hydrogens (primary N) is 1. The highest BCUT2D eigenvalue weighted by molar-refractivity contribution is 7.47. The van der Waals surface area contributed by atoms with Crippen LogP contribution in [-0.4, -0.2) is 59.9 Å². The Balaban J connectivity index is 4.44. The molecule has 0 aromatic carbocycles. The van der Waals surface area contributed by atoms with Crippen LogP contribution in [0.3, 0.4) is 0 Å². The van der Waals surface area contributed by atoms with Gasteiger partial charge in [0.05, 0.1) is 13.2 Å². The highest BCUT2D eigenvalue weighted by Gasteiger charge is 2.28. The van der Waals surface area contributed by atoms with E-state index in [2.05, 4.69) is 42.7 Å². The number of ether oxygens (including phenoxy) is 2. The molecule has 0 bridgehead atoms. The zero-order valence-electron chi connectivity index (χ0n) is 32.7. The Kier molecular flexibility index (Phi) is 34.6. The summed E-state index contributed by atoms with van der Waals surface area (Å²) < 4.78 is 32.6. The summed E-state index contributed by atoms with van der Waals surface area (Å²) in [4.78, 5) is 45.8. The lowest BCUT2D eigenvalue weighted by atomic mass is 10.1. The number of rotatable bonds is 38. The first-order valence-corrected chi connectivity index (χ1v) is 21.9. The summed E-state index contributed by atoms with van der Waals surface area (Å²) in [7, 11) is -4.71. The number of esters is 2. The molecule has 0 rings (SSSR count). The fourth-order valence-corrected chi connectivity index (χ4v) is 6.18. The van der Waals surface area contributed by atoms with Crippen molar-refractivity contribution in [3.05, 3.63) is 24.3 Å². The Hall–Kier alpha value is -2.04. The molecular formula is C40H74NO10P. The number of phosphoric acid groups is 1. The first kappa shape index (κ1) is 50.0. The third-order valence-corrected chi connectivity index (χ3v) is 9.62. The minimum Gasteiger partial charge on any atom is -0.480 e. The molecule has 0 aliphatic carbocycles. The van der Waals surface area contributed by atoms with Gasteiger partial charge in [0.25, 0.3) is 0 Å². The largest absolute Gasteiger partial charge is 0.480 e. The number of phosphoric ester groups is 1. The molecule has 0 aromatic rings. The molecule has 1 unspecified atom stereocenters.